The van der Waals surface area contributed by atoms with E-state index in [9.17, 15) is 23.4 Å². The number of sulfone groups is 1. The fraction of sp³-hybridized carbons (Fsp3) is 0.611. The first-order valence-electron chi connectivity index (χ1n) is 8.96. The van der Waals surface area contributed by atoms with Crippen LogP contribution in [0.15, 0.2) is 29.2 Å². The highest BCUT2D eigenvalue weighted by Crippen LogP contribution is 2.38. The lowest BCUT2D eigenvalue weighted by atomic mass is 9.86. The third-order valence-electron chi connectivity index (χ3n) is 4.68. The van der Waals surface area contributed by atoms with Crippen LogP contribution >= 0.6 is 0 Å². The molecular weight excluding hydrogens is 372 g/mol. The predicted molar refractivity (Wildman–Crippen MR) is 100 cm³/mol. The van der Waals surface area contributed by atoms with Crippen LogP contribution in [-0.2, 0) is 9.84 Å². The van der Waals surface area contributed by atoms with Crippen molar-refractivity contribution in [1.82, 2.24) is 10.6 Å². The zero-order chi connectivity index (χ0) is 20.1. The number of rotatable bonds is 8. The molecule has 2 amide bonds. The van der Waals surface area contributed by atoms with Gasteiger partial charge in [-0.3, -0.25) is 0 Å². The van der Waals surface area contributed by atoms with Crippen LogP contribution in [0.3, 0.4) is 0 Å². The predicted octanol–water partition coefficient (Wildman–Crippen LogP) is 0.680. The van der Waals surface area contributed by atoms with Gasteiger partial charge in [-0.25, -0.2) is 13.2 Å². The Kier molecular flexibility index (Phi) is 7.07. The number of nitrogens with one attached hydrogen (secondary N) is 2. The zero-order valence-electron chi connectivity index (χ0n) is 15.6. The summed E-state index contributed by atoms with van der Waals surface area (Å²) in [7, 11) is -3.28. The van der Waals surface area contributed by atoms with Crippen molar-refractivity contribution in [2.24, 2.45) is 5.41 Å². The maximum absolute atomic E-state index is 11.8. The molecular formula is C18H28N2O6S. The number of hydrogen-bond acceptors (Lipinski definition) is 6. The number of benzene rings is 1. The second kappa shape index (κ2) is 8.90. The quantitative estimate of drug-likeness (QED) is 0.509. The molecule has 0 bridgehead atoms. The minimum atomic E-state index is -3.28. The van der Waals surface area contributed by atoms with Crippen molar-refractivity contribution in [3.05, 3.63) is 24.3 Å². The Morgan fingerprint density at radius 1 is 1.19 bits per heavy atom. The molecule has 2 rings (SSSR count). The van der Waals surface area contributed by atoms with Crippen molar-refractivity contribution in [2.45, 2.75) is 43.3 Å². The van der Waals surface area contributed by atoms with Gasteiger partial charge in [-0.2, -0.15) is 0 Å². The minimum absolute atomic E-state index is 0.174. The van der Waals surface area contributed by atoms with Crippen LogP contribution in [0, 0.1) is 5.41 Å². The smallest absolute Gasteiger partial charge is 0.314 e. The molecule has 0 aromatic heterocycles. The molecule has 1 aromatic rings. The summed E-state index contributed by atoms with van der Waals surface area (Å²) in [6, 6.07) is 5.75. The van der Waals surface area contributed by atoms with Gasteiger partial charge in [0.25, 0.3) is 0 Å². The van der Waals surface area contributed by atoms with Gasteiger partial charge >= 0.3 is 6.03 Å². The Hall–Kier alpha value is -1.84. The number of hydrogen-bond donors (Lipinski definition) is 4. The average Bonchev–Trinajstić information content (AvgIpc) is 2.90. The van der Waals surface area contributed by atoms with Crippen molar-refractivity contribution in [3.8, 4) is 5.75 Å². The summed E-state index contributed by atoms with van der Waals surface area (Å²) in [5.74, 6) is 0.480. The summed E-state index contributed by atoms with van der Waals surface area (Å²) in [5.41, 5.74) is -0.613. The summed E-state index contributed by atoms with van der Waals surface area (Å²) in [6.45, 7) is 2.94. The van der Waals surface area contributed by atoms with E-state index in [1.165, 1.54) is 12.1 Å². The number of carbonyl (C=O) groups is 1. The van der Waals surface area contributed by atoms with Gasteiger partial charge in [0.1, 0.15) is 5.75 Å². The Balaban J connectivity index is 2.01. The van der Waals surface area contributed by atoms with Crippen molar-refractivity contribution >= 4 is 15.9 Å². The van der Waals surface area contributed by atoms with Gasteiger partial charge in [-0.05, 0) is 43.5 Å². The van der Waals surface area contributed by atoms with Crippen molar-refractivity contribution < 1.29 is 28.2 Å². The lowest BCUT2D eigenvalue weighted by molar-refractivity contribution is 0.0438. The van der Waals surface area contributed by atoms with Crippen LogP contribution in [0.5, 0.6) is 5.75 Å². The van der Waals surface area contributed by atoms with E-state index in [1.54, 1.807) is 12.1 Å². The van der Waals surface area contributed by atoms with Crippen LogP contribution in [0.25, 0.3) is 0 Å². The normalized spacial score (nSPS) is 25.2. The van der Waals surface area contributed by atoms with Crippen molar-refractivity contribution in [2.75, 3.05) is 26.0 Å². The summed E-state index contributed by atoms with van der Waals surface area (Å²) >= 11 is 0. The highest BCUT2D eigenvalue weighted by Gasteiger charge is 2.45. The lowest BCUT2D eigenvalue weighted by Crippen LogP contribution is -2.44. The molecule has 27 heavy (non-hydrogen) atoms. The Bertz CT molecular complexity index is 725. The van der Waals surface area contributed by atoms with Crippen LogP contribution in [0.2, 0.25) is 0 Å². The topological polar surface area (TPSA) is 125 Å². The van der Waals surface area contributed by atoms with E-state index in [0.29, 0.717) is 25.1 Å². The summed E-state index contributed by atoms with van der Waals surface area (Å²) in [5, 5.41) is 25.4. The molecule has 1 aromatic carbocycles. The molecule has 1 aliphatic rings. The number of carbonyl (C=O) groups excluding carboxylic acids is 1. The van der Waals surface area contributed by atoms with Gasteiger partial charge in [0.2, 0.25) is 0 Å². The molecule has 0 radical (unpaired) electrons. The fourth-order valence-corrected chi connectivity index (χ4v) is 3.77. The van der Waals surface area contributed by atoms with Crippen molar-refractivity contribution in [1.29, 1.82) is 0 Å². The zero-order valence-corrected chi connectivity index (χ0v) is 16.5. The molecule has 8 nitrogen and oxygen atoms in total. The largest absolute Gasteiger partial charge is 0.493 e. The molecule has 0 aliphatic heterocycles. The molecule has 0 heterocycles. The Labute approximate surface area is 159 Å². The van der Waals surface area contributed by atoms with E-state index in [2.05, 4.69) is 10.6 Å². The SMILES string of the molecule is CCCNC(=O)NCC1(COc2ccc(S(C)(=O)=O)cc2)CC(O)C(O)C1. The number of ether oxygens (including phenoxy) is 1. The summed E-state index contributed by atoms with van der Waals surface area (Å²) < 4.78 is 28.8. The van der Waals surface area contributed by atoms with E-state index in [1.807, 2.05) is 6.92 Å². The van der Waals surface area contributed by atoms with Gasteiger partial charge in [0.05, 0.1) is 23.7 Å². The number of aliphatic hydroxyl groups excluding tert-OH is 2. The minimum Gasteiger partial charge on any atom is -0.493 e. The molecule has 0 spiro atoms. The average molecular weight is 400 g/mol. The van der Waals surface area contributed by atoms with Gasteiger partial charge in [-0.15, -0.1) is 0 Å². The molecule has 1 saturated carbocycles. The molecule has 2 atom stereocenters. The van der Waals surface area contributed by atoms with E-state index in [0.717, 1.165) is 12.7 Å². The standard InChI is InChI=1S/C18H28N2O6S/c1-3-8-19-17(23)20-11-18(9-15(21)16(22)10-18)12-26-13-4-6-14(7-5-13)27(2,24)25/h4-7,15-16,21-22H,3,8-12H2,1-2H3,(H2,19,20,23). The highest BCUT2D eigenvalue weighted by molar-refractivity contribution is 7.90. The molecule has 4 N–H and O–H groups in total. The van der Waals surface area contributed by atoms with Gasteiger partial charge < -0.3 is 25.6 Å². The number of amides is 2. The van der Waals surface area contributed by atoms with Gasteiger partial charge in [-0.1, -0.05) is 6.92 Å². The molecule has 152 valence electrons. The maximum Gasteiger partial charge on any atom is 0.314 e. The first kappa shape index (κ1) is 21.5. The van der Waals surface area contributed by atoms with Crippen LogP contribution in [0.1, 0.15) is 26.2 Å². The summed E-state index contributed by atoms with van der Waals surface area (Å²) in [6.07, 6.45) is 0.799. The first-order valence-corrected chi connectivity index (χ1v) is 10.9. The number of aliphatic hydroxyl groups is 2. The van der Waals surface area contributed by atoms with E-state index in [-0.39, 0.29) is 24.1 Å². The third kappa shape index (κ3) is 6.08. The lowest BCUT2D eigenvalue weighted by Gasteiger charge is -2.29. The van der Waals surface area contributed by atoms with E-state index in [4.69, 9.17) is 4.74 Å². The molecule has 9 heteroatoms. The highest BCUT2D eigenvalue weighted by atomic mass is 32.2. The molecule has 2 unspecified atom stereocenters. The van der Waals surface area contributed by atoms with Crippen LogP contribution < -0.4 is 15.4 Å². The first-order chi connectivity index (χ1) is 12.6. The monoisotopic (exact) mass is 400 g/mol. The third-order valence-corrected chi connectivity index (χ3v) is 5.81. The molecule has 0 saturated heterocycles. The maximum atomic E-state index is 11.8. The van der Waals surface area contributed by atoms with E-state index < -0.39 is 27.5 Å². The molecule has 1 fully saturated rings. The van der Waals surface area contributed by atoms with E-state index >= 15 is 0 Å². The second-order valence-electron chi connectivity index (χ2n) is 7.18. The second-order valence-corrected chi connectivity index (χ2v) is 9.20. The van der Waals surface area contributed by atoms with Crippen LogP contribution in [-0.4, -0.2) is 62.8 Å². The van der Waals surface area contributed by atoms with Crippen LogP contribution in [0.4, 0.5) is 4.79 Å². The fourth-order valence-electron chi connectivity index (χ4n) is 3.14. The van der Waals surface area contributed by atoms with Crippen molar-refractivity contribution in [3.63, 3.8) is 0 Å². The van der Waals surface area contributed by atoms with Gasteiger partial charge in [0, 0.05) is 24.8 Å². The Morgan fingerprint density at radius 3 is 2.30 bits per heavy atom. The van der Waals surface area contributed by atoms with Gasteiger partial charge in [0.15, 0.2) is 9.84 Å². The summed E-state index contributed by atoms with van der Waals surface area (Å²) in [4.78, 5) is 12.0. The number of urea groups is 1. The molecule has 1 aliphatic carbocycles. The Morgan fingerprint density at radius 2 is 1.78 bits per heavy atom.